The Kier molecular flexibility index (Phi) is 9.04. The van der Waals surface area contributed by atoms with Gasteiger partial charge in [0.2, 0.25) is 0 Å². The molecule has 0 bridgehead atoms. The molecule has 2 aliphatic heterocycles. The molecule has 2 heterocycles. The zero-order chi connectivity index (χ0) is 21.5. The predicted octanol–water partition coefficient (Wildman–Crippen LogP) is 3.76. The average molecular weight is 550 g/mol. The molecule has 0 aliphatic carbocycles. The lowest BCUT2D eigenvalue weighted by molar-refractivity contribution is 0.0511. The van der Waals surface area contributed by atoms with Crippen LogP contribution in [0.15, 0.2) is 59.6 Å². The maximum Gasteiger partial charge on any atom is 0.193 e. The number of piperazine rings is 1. The van der Waals surface area contributed by atoms with Crippen molar-refractivity contribution in [2.45, 2.75) is 18.3 Å². The molecular weight excluding hydrogens is 515 g/mol. The van der Waals surface area contributed by atoms with E-state index < -0.39 is 0 Å². The van der Waals surface area contributed by atoms with Crippen molar-refractivity contribution < 1.29 is 9.47 Å². The molecule has 0 unspecified atom stereocenters. The van der Waals surface area contributed by atoms with Gasteiger partial charge in [0, 0.05) is 58.4 Å². The molecule has 0 radical (unpaired) electrons. The van der Waals surface area contributed by atoms with Crippen LogP contribution >= 0.6 is 24.0 Å². The second kappa shape index (κ2) is 11.7. The lowest BCUT2D eigenvalue weighted by atomic mass is 9.74. The van der Waals surface area contributed by atoms with Crippen molar-refractivity contribution in [1.29, 1.82) is 0 Å². The normalized spacial score (nSPS) is 18.6. The zero-order valence-electron chi connectivity index (χ0n) is 19.1. The van der Waals surface area contributed by atoms with Crippen LogP contribution in [-0.4, -0.2) is 71.0 Å². The maximum atomic E-state index is 5.68. The molecule has 4 rings (SSSR count). The second-order valence-electron chi connectivity index (χ2n) is 8.31. The van der Waals surface area contributed by atoms with Crippen LogP contribution < -0.4 is 15.0 Å². The van der Waals surface area contributed by atoms with Crippen LogP contribution in [-0.2, 0) is 10.2 Å². The Bertz CT molecular complexity index is 863. The van der Waals surface area contributed by atoms with Crippen molar-refractivity contribution in [3.8, 4) is 5.75 Å². The Morgan fingerprint density at radius 2 is 1.66 bits per heavy atom. The lowest BCUT2D eigenvalue weighted by Crippen LogP contribution is -2.55. The number of hydrogen-bond donors (Lipinski definition) is 1. The second-order valence-corrected chi connectivity index (χ2v) is 8.31. The topological polar surface area (TPSA) is 49.3 Å². The number of guanidine groups is 1. The summed E-state index contributed by atoms with van der Waals surface area (Å²) in [5.74, 6) is 1.92. The molecule has 0 atom stereocenters. The van der Waals surface area contributed by atoms with E-state index in [4.69, 9.17) is 9.47 Å². The van der Waals surface area contributed by atoms with Crippen LogP contribution in [0.3, 0.4) is 0 Å². The molecule has 32 heavy (non-hydrogen) atoms. The smallest absolute Gasteiger partial charge is 0.193 e. The number of aliphatic imine (C=N–C) groups is 1. The molecule has 2 saturated heterocycles. The van der Waals surface area contributed by atoms with Gasteiger partial charge in [-0.3, -0.25) is 4.99 Å². The minimum absolute atomic E-state index is 0. The minimum atomic E-state index is 0. The first-order valence-electron chi connectivity index (χ1n) is 11.2. The number of para-hydroxylation sites is 2. The third-order valence-electron chi connectivity index (χ3n) is 6.64. The van der Waals surface area contributed by atoms with Crippen molar-refractivity contribution in [3.05, 3.63) is 60.2 Å². The zero-order valence-corrected chi connectivity index (χ0v) is 21.5. The van der Waals surface area contributed by atoms with E-state index in [0.29, 0.717) is 0 Å². The van der Waals surface area contributed by atoms with Crippen molar-refractivity contribution in [2.24, 2.45) is 4.99 Å². The van der Waals surface area contributed by atoms with E-state index >= 15 is 0 Å². The number of rotatable bonds is 5. The van der Waals surface area contributed by atoms with E-state index in [2.05, 4.69) is 62.6 Å². The van der Waals surface area contributed by atoms with Gasteiger partial charge in [-0.15, -0.1) is 24.0 Å². The number of methoxy groups -OCH3 is 1. The molecule has 2 fully saturated rings. The van der Waals surface area contributed by atoms with Gasteiger partial charge in [0.15, 0.2) is 5.96 Å². The number of ether oxygens (including phenoxy) is 2. The lowest BCUT2D eigenvalue weighted by Gasteiger charge is -2.41. The first kappa shape index (κ1) is 24.6. The third kappa shape index (κ3) is 5.49. The monoisotopic (exact) mass is 550 g/mol. The average Bonchev–Trinajstić information content (AvgIpc) is 2.86. The largest absolute Gasteiger partial charge is 0.495 e. The minimum Gasteiger partial charge on any atom is -0.495 e. The Hall–Kier alpha value is -2.00. The van der Waals surface area contributed by atoms with Gasteiger partial charge in [0.1, 0.15) is 5.75 Å². The molecule has 2 aromatic rings. The number of halogens is 1. The standard InChI is InChI=1S/C25H34N4O2.HI/c1-26-24(27-20-25(12-18-31-19-13-25)21-8-4-3-5-9-21)29-16-14-28(15-17-29)22-10-6-7-11-23(22)30-2;/h3-11H,12-20H2,1-2H3,(H,26,27);1H. The van der Waals surface area contributed by atoms with Crippen LogP contribution in [0.1, 0.15) is 18.4 Å². The fourth-order valence-electron chi connectivity index (χ4n) is 4.75. The number of nitrogens with zero attached hydrogens (tertiary/aromatic N) is 3. The van der Waals surface area contributed by atoms with Crippen LogP contribution in [0.25, 0.3) is 0 Å². The van der Waals surface area contributed by atoms with E-state index in [-0.39, 0.29) is 29.4 Å². The summed E-state index contributed by atoms with van der Waals surface area (Å²) in [4.78, 5) is 9.37. The summed E-state index contributed by atoms with van der Waals surface area (Å²) in [6, 6.07) is 19.1. The van der Waals surface area contributed by atoms with E-state index in [1.165, 1.54) is 5.56 Å². The number of benzene rings is 2. The first-order chi connectivity index (χ1) is 15.3. The highest BCUT2D eigenvalue weighted by molar-refractivity contribution is 14.0. The van der Waals surface area contributed by atoms with Crippen LogP contribution in [0.2, 0.25) is 0 Å². The van der Waals surface area contributed by atoms with Crippen LogP contribution in [0.4, 0.5) is 5.69 Å². The van der Waals surface area contributed by atoms with Gasteiger partial charge in [-0.25, -0.2) is 0 Å². The molecule has 6 nitrogen and oxygen atoms in total. The molecule has 0 spiro atoms. The van der Waals surface area contributed by atoms with Crippen molar-refractivity contribution in [3.63, 3.8) is 0 Å². The molecule has 0 saturated carbocycles. The quantitative estimate of drug-likeness (QED) is 0.349. The molecule has 7 heteroatoms. The summed E-state index contributed by atoms with van der Waals surface area (Å²) >= 11 is 0. The molecule has 174 valence electrons. The Morgan fingerprint density at radius 3 is 2.31 bits per heavy atom. The first-order valence-corrected chi connectivity index (χ1v) is 11.2. The van der Waals surface area contributed by atoms with Crippen molar-refractivity contribution in [1.82, 2.24) is 10.2 Å². The fraction of sp³-hybridized carbons (Fsp3) is 0.480. The summed E-state index contributed by atoms with van der Waals surface area (Å²) in [6.07, 6.45) is 2.06. The van der Waals surface area contributed by atoms with Gasteiger partial charge in [-0.1, -0.05) is 42.5 Å². The van der Waals surface area contributed by atoms with Crippen molar-refractivity contribution in [2.75, 3.05) is 65.0 Å². The highest BCUT2D eigenvalue weighted by Gasteiger charge is 2.35. The maximum absolute atomic E-state index is 5.68. The SMILES string of the molecule is CN=C(NCC1(c2ccccc2)CCOCC1)N1CCN(c2ccccc2OC)CC1.I. The summed E-state index contributed by atoms with van der Waals surface area (Å²) in [5, 5.41) is 3.70. The molecule has 2 aromatic carbocycles. The summed E-state index contributed by atoms with van der Waals surface area (Å²) in [7, 11) is 3.62. The Labute approximate surface area is 209 Å². The fourth-order valence-corrected chi connectivity index (χ4v) is 4.75. The van der Waals surface area contributed by atoms with Gasteiger partial charge in [-0.2, -0.15) is 0 Å². The highest BCUT2D eigenvalue weighted by Crippen LogP contribution is 2.34. The van der Waals surface area contributed by atoms with E-state index in [1.54, 1.807) is 7.11 Å². The van der Waals surface area contributed by atoms with Gasteiger partial charge < -0.3 is 24.6 Å². The van der Waals surface area contributed by atoms with E-state index in [1.807, 2.05) is 19.2 Å². The van der Waals surface area contributed by atoms with Gasteiger partial charge in [0.25, 0.3) is 0 Å². The molecule has 0 amide bonds. The van der Waals surface area contributed by atoms with Gasteiger partial charge in [0.05, 0.1) is 12.8 Å². The van der Waals surface area contributed by atoms with E-state index in [9.17, 15) is 0 Å². The van der Waals surface area contributed by atoms with Gasteiger partial charge in [-0.05, 0) is 30.5 Å². The molecule has 1 N–H and O–H groups in total. The highest BCUT2D eigenvalue weighted by atomic mass is 127. The number of anilines is 1. The Balaban J connectivity index is 0.00000289. The predicted molar refractivity (Wildman–Crippen MR) is 142 cm³/mol. The van der Waals surface area contributed by atoms with E-state index in [0.717, 1.165) is 76.2 Å². The molecular formula is C25H35IN4O2. The summed E-state index contributed by atoms with van der Waals surface area (Å²) < 4.78 is 11.2. The third-order valence-corrected chi connectivity index (χ3v) is 6.64. The number of hydrogen-bond acceptors (Lipinski definition) is 4. The van der Waals surface area contributed by atoms with Crippen LogP contribution in [0.5, 0.6) is 5.75 Å². The van der Waals surface area contributed by atoms with Gasteiger partial charge >= 0.3 is 0 Å². The Morgan fingerprint density at radius 1 is 1.00 bits per heavy atom. The summed E-state index contributed by atoms with van der Waals surface area (Å²) in [5.41, 5.74) is 2.65. The number of nitrogens with one attached hydrogen (secondary N) is 1. The molecule has 2 aliphatic rings. The molecule has 0 aromatic heterocycles. The summed E-state index contributed by atoms with van der Waals surface area (Å²) in [6.45, 7) is 6.25. The van der Waals surface area contributed by atoms with Crippen LogP contribution in [0, 0.1) is 0 Å². The van der Waals surface area contributed by atoms with Crippen molar-refractivity contribution >= 4 is 35.6 Å².